The summed E-state index contributed by atoms with van der Waals surface area (Å²) in [6.07, 6.45) is 11.6. The van der Waals surface area contributed by atoms with Gasteiger partial charge in [0.1, 0.15) is 0 Å². The molecule has 108 valence electrons. The van der Waals surface area contributed by atoms with Gasteiger partial charge in [-0.25, -0.2) is 0 Å². The van der Waals surface area contributed by atoms with Crippen molar-refractivity contribution < 1.29 is 0 Å². The van der Waals surface area contributed by atoms with Gasteiger partial charge in [0, 0.05) is 0 Å². The maximum Gasteiger partial charge on any atom is -0.00685 e. The van der Waals surface area contributed by atoms with Gasteiger partial charge in [-0.2, -0.15) is 0 Å². The van der Waals surface area contributed by atoms with Crippen molar-refractivity contribution in [3.05, 3.63) is 22.3 Å². The Hall–Kier alpha value is -0.520. The Bertz CT molecular complexity index is 465. The van der Waals surface area contributed by atoms with Crippen LogP contribution >= 0.6 is 0 Å². The molecule has 20 heavy (non-hydrogen) atoms. The number of rotatable bonds is 4. The third-order valence-electron chi connectivity index (χ3n) is 7.41. The van der Waals surface area contributed by atoms with Crippen LogP contribution in [0, 0.1) is 21.7 Å². The van der Waals surface area contributed by atoms with Crippen molar-refractivity contribution in [2.24, 2.45) is 21.7 Å². The van der Waals surface area contributed by atoms with Crippen molar-refractivity contribution in [2.45, 2.75) is 79.1 Å². The molecule has 0 bridgehead atoms. The molecule has 4 fully saturated rings. The van der Waals surface area contributed by atoms with Crippen LogP contribution < -0.4 is 0 Å². The zero-order chi connectivity index (χ0) is 14.0. The monoisotopic (exact) mass is 268 g/mol. The predicted octanol–water partition coefficient (Wildman–Crippen LogP) is 5.79. The van der Waals surface area contributed by atoms with Crippen molar-refractivity contribution in [3.63, 3.8) is 0 Å². The molecule has 0 heteroatoms. The van der Waals surface area contributed by atoms with Gasteiger partial charge in [-0.05, 0) is 95.3 Å². The molecule has 0 spiro atoms. The largest absolute Gasteiger partial charge is 0.0555 e. The summed E-state index contributed by atoms with van der Waals surface area (Å²) in [5, 5.41) is 0. The molecule has 0 aromatic carbocycles. The van der Waals surface area contributed by atoms with Gasteiger partial charge in [-0.15, -0.1) is 0 Å². The van der Waals surface area contributed by atoms with Gasteiger partial charge in [0.05, 0.1) is 0 Å². The van der Waals surface area contributed by atoms with Crippen LogP contribution in [0.4, 0.5) is 0 Å². The quantitative estimate of drug-likeness (QED) is 0.605. The van der Waals surface area contributed by atoms with Crippen LogP contribution in [0.3, 0.4) is 0 Å². The van der Waals surface area contributed by atoms with Crippen LogP contribution in [0.25, 0.3) is 0 Å². The zero-order valence-corrected chi connectivity index (χ0v) is 13.7. The van der Waals surface area contributed by atoms with Crippen LogP contribution in [0.5, 0.6) is 0 Å². The summed E-state index contributed by atoms with van der Waals surface area (Å²) in [5.41, 5.74) is 9.88. The molecule has 0 N–H and O–H groups in total. The standard InChI is InChI=1S/C20H28/c1-17(5-6-17)13-14(18(2)7-8-18)16(20(4)11-12-20)15(13)19(3)9-10-19/h5-12H2,1-4H3. The molecule has 0 atom stereocenters. The van der Waals surface area contributed by atoms with E-state index in [0.717, 1.165) is 0 Å². The van der Waals surface area contributed by atoms with Crippen molar-refractivity contribution in [2.75, 3.05) is 0 Å². The fourth-order valence-electron chi connectivity index (χ4n) is 4.60. The summed E-state index contributed by atoms with van der Waals surface area (Å²) < 4.78 is 0. The molecule has 5 aliphatic carbocycles. The van der Waals surface area contributed by atoms with E-state index in [0.29, 0.717) is 21.7 Å². The van der Waals surface area contributed by atoms with Crippen LogP contribution in [-0.2, 0) is 0 Å². The zero-order valence-electron chi connectivity index (χ0n) is 13.7. The van der Waals surface area contributed by atoms with Crippen LogP contribution in [-0.4, -0.2) is 0 Å². The van der Waals surface area contributed by atoms with Gasteiger partial charge in [-0.3, -0.25) is 0 Å². The number of hydrogen-bond acceptors (Lipinski definition) is 0. The molecule has 0 aromatic heterocycles. The summed E-state index contributed by atoms with van der Waals surface area (Å²) in [6, 6.07) is 0. The van der Waals surface area contributed by atoms with Crippen molar-refractivity contribution in [1.29, 1.82) is 0 Å². The van der Waals surface area contributed by atoms with E-state index >= 15 is 0 Å². The number of hydrogen-bond donors (Lipinski definition) is 0. The van der Waals surface area contributed by atoms with Gasteiger partial charge < -0.3 is 0 Å². The summed E-state index contributed by atoms with van der Waals surface area (Å²) >= 11 is 0. The second-order valence-electron chi connectivity index (χ2n) is 9.74. The van der Waals surface area contributed by atoms with Crippen LogP contribution in [0.1, 0.15) is 79.1 Å². The minimum atomic E-state index is 0.580. The van der Waals surface area contributed by atoms with Gasteiger partial charge >= 0.3 is 0 Å². The van der Waals surface area contributed by atoms with E-state index in [4.69, 9.17) is 0 Å². The Kier molecular flexibility index (Phi) is 1.80. The van der Waals surface area contributed by atoms with E-state index < -0.39 is 0 Å². The SMILES string of the molecule is CC1(C2=C(C3(C)CC3)C(C3(C)CC3)=C2C2(C)CC2)CC1. The average molecular weight is 268 g/mol. The number of allylic oxidation sites excluding steroid dienone is 4. The van der Waals surface area contributed by atoms with Crippen LogP contribution in [0.2, 0.25) is 0 Å². The molecule has 0 radical (unpaired) electrons. The van der Waals surface area contributed by atoms with E-state index in [2.05, 4.69) is 27.7 Å². The highest BCUT2D eigenvalue weighted by Gasteiger charge is 2.64. The lowest BCUT2D eigenvalue weighted by Gasteiger charge is -2.44. The normalized spacial score (nSPS) is 36.6. The van der Waals surface area contributed by atoms with E-state index in [1.807, 2.05) is 22.3 Å². The highest BCUT2D eigenvalue weighted by molar-refractivity contribution is 5.72. The molecule has 0 amide bonds. The third kappa shape index (κ3) is 1.34. The first-order valence-electron chi connectivity index (χ1n) is 8.83. The molecule has 5 rings (SSSR count). The lowest BCUT2D eigenvalue weighted by atomic mass is 9.60. The fraction of sp³-hybridized carbons (Fsp3) is 0.800. The summed E-state index contributed by atoms with van der Waals surface area (Å²) in [4.78, 5) is 0. The Morgan fingerprint density at radius 2 is 0.550 bits per heavy atom. The molecule has 5 aliphatic rings. The topological polar surface area (TPSA) is 0 Å². The molecular formula is C20H28. The van der Waals surface area contributed by atoms with Crippen molar-refractivity contribution >= 4 is 0 Å². The smallest absolute Gasteiger partial charge is 0.00685 e. The summed E-state index contributed by atoms with van der Waals surface area (Å²) in [7, 11) is 0. The first kappa shape index (κ1) is 12.1. The van der Waals surface area contributed by atoms with Gasteiger partial charge in [-0.1, -0.05) is 27.7 Å². The molecule has 0 unspecified atom stereocenters. The highest BCUT2D eigenvalue weighted by Crippen LogP contribution is 2.77. The fourth-order valence-corrected chi connectivity index (χ4v) is 4.60. The lowest BCUT2D eigenvalue weighted by Crippen LogP contribution is -2.31. The lowest BCUT2D eigenvalue weighted by molar-refractivity contribution is 0.502. The molecule has 0 heterocycles. The third-order valence-corrected chi connectivity index (χ3v) is 7.41. The Labute approximate surface area is 123 Å². The Morgan fingerprint density at radius 3 is 0.650 bits per heavy atom. The summed E-state index contributed by atoms with van der Waals surface area (Å²) in [5.74, 6) is 0. The van der Waals surface area contributed by atoms with Gasteiger partial charge in [0.2, 0.25) is 0 Å². The minimum absolute atomic E-state index is 0.580. The Balaban J connectivity index is 1.68. The van der Waals surface area contributed by atoms with Gasteiger partial charge in [0.15, 0.2) is 0 Å². The first-order valence-corrected chi connectivity index (χ1v) is 8.83. The molecule has 0 nitrogen and oxygen atoms in total. The van der Waals surface area contributed by atoms with Crippen LogP contribution in [0.15, 0.2) is 22.3 Å². The maximum atomic E-state index is 2.55. The highest BCUT2D eigenvalue weighted by atomic mass is 14.7. The molecular weight excluding hydrogens is 240 g/mol. The van der Waals surface area contributed by atoms with E-state index in [1.165, 1.54) is 51.4 Å². The minimum Gasteiger partial charge on any atom is -0.0555 e. The maximum absolute atomic E-state index is 2.55. The van der Waals surface area contributed by atoms with E-state index in [-0.39, 0.29) is 0 Å². The molecule has 0 aromatic rings. The predicted molar refractivity (Wildman–Crippen MR) is 83.4 cm³/mol. The van der Waals surface area contributed by atoms with E-state index in [9.17, 15) is 0 Å². The molecule has 0 saturated heterocycles. The summed E-state index contributed by atoms with van der Waals surface area (Å²) in [6.45, 7) is 10.2. The molecule has 4 saturated carbocycles. The van der Waals surface area contributed by atoms with Crippen molar-refractivity contribution in [3.8, 4) is 0 Å². The first-order chi connectivity index (χ1) is 9.32. The average Bonchev–Trinajstić information content (AvgIpc) is 3.05. The Morgan fingerprint density at radius 1 is 0.400 bits per heavy atom. The molecule has 0 aliphatic heterocycles. The second-order valence-corrected chi connectivity index (χ2v) is 9.74. The van der Waals surface area contributed by atoms with Crippen molar-refractivity contribution in [1.82, 2.24) is 0 Å². The second kappa shape index (κ2) is 2.99. The van der Waals surface area contributed by atoms with E-state index in [1.54, 1.807) is 0 Å². The van der Waals surface area contributed by atoms with Gasteiger partial charge in [0.25, 0.3) is 0 Å².